The van der Waals surface area contributed by atoms with Crippen LogP contribution in [-0.2, 0) is 16.2 Å². The van der Waals surface area contributed by atoms with Crippen molar-refractivity contribution in [1.82, 2.24) is 0 Å². The summed E-state index contributed by atoms with van der Waals surface area (Å²) in [7, 11) is 0. The molecule has 0 spiro atoms. The van der Waals surface area contributed by atoms with Crippen LogP contribution in [0.15, 0.2) is 35.5 Å². The van der Waals surface area contributed by atoms with E-state index in [4.69, 9.17) is 9.57 Å². The maximum absolute atomic E-state index is 5.96. The van der Waals surface area contributed by atoms with Crippen LogP contribution in [0.2, 0.25) is 0 Å². The van der Waals surface area contributed by atoms with Gasteiger partial charge in [0.1, 0.15) is 0 Å². The zero-order valence-electron chi connectivity index (χ0n) is 11.4. The first-order valence-corrected chi connectivity index (χ1v) is 7.22. The number of ether oxygens (including phenoxy) is 1. The molecule has 2 aliphatic rings. The smallest absolute Gasteiger partial charge is 0.161 e. The molecule has 3 atom stereocenters. The second kappa shape index (κ2) is 5.74. The lowest BCUT2D eigenvalue weighted by Crippen LogP contribution is -2.35. The minimum Gasteiger partial charge on any atom is -0.389 e. The Morgan fingerprint density at radius 1 is 1.32 bits per heavy atom. The molecule has 0 radical (unpaired) electrons. The fourth-order valence-electron chi connectivity index (χ4n) is 3.00. The number of rotatable bonds is 4. The number of oxime groups is 1. The normalized spacial score (nSPS) is 27.3. The summed E-state index contributed by atoms with van der Waals surface area (Å²) in [5.41, 5.74) is 2.46. The number of benzene rings is 1. The minimum atomic E-state index is 0.0876. The van der Waals surface area contributed by atoms with E-state index >= 15 is 0 Å². The van der Waals surface area contributed by atoms with Gasteiger partial charge in [-0.05, 0) is 31.7 Å². The number of hydrogen-bond donors (Lipinski definition) is 0. The predicted molar refractivity (Wildman–Crippen MR) is 75.0 cm³/mol. The van der Waals surface area contributed by atoms with Crippen LogP contribution < -0.4 is 0 Å². The summed E-state index contributed by atoms with van der Waals surface area (Å²) in [6, 6.07) is 10.3. The lowest BCUT2D eigenvalue weighted by molar-refractivity contribution is -0.0721. The van der Waals surface area contributed by atoms with Crippen LogP contribution in [0, 0.1) is 5.92 Å². The molecule has 1 saturated carbocycles. The van der Waals surface area contributed by atoms with E-state index in [1.807, 2.05) is 18.2 Å². The largest absolute Gasteiger partial charge is 0.389 e. The lowest BCUT2D eigenvalue weighted by atomic mass is 9.82. The summed E-state index contributed by atoms with van der Waals surface area (Å²) in [6.45, 7) is 2.74. The van der Waals surface area contributed by atoms with Gasteiger partial charge in [-0.3, -0.25) is 0 Å². The Hall–Kier alpha value is -1.35. The number of nitrogens with zero attached hydrogens (tertiary/aromatic N) is 1. The first kappa shape index (κ1) is 12.7. The Labute approximate surface area is 114 Å². The van der Waals surface area contributed by atoms with Gasteiger partial charge in [0.05, 0.1) is 18.4 Å². The van der Waals surface area contributed by atoms with Crippen LogP contribution in [-0.4, -0.2) is 17.9 Å². The van der Waals surface area contributed by atoms with E-state index in [0.29, 0.717) is 12.5 Å². The van der Waals surface area contributed by atoms with Gasteiger partial charge in [0.2, 0.25) is 0 Å². The first-order valence-electron chi connectivity index (χ1n) is 7.22. The zero-order chi connectivity index (χ0) is 13.1. The van der Waals surface area contributed by atoms with Crippen molar-refractivity contribution in [3.8, 4) is 0 Å². The van der Waals surface area contributed by atoms with Crippen molar-refractivity contribution in [3.05, 3.63) is 35.9 Å². The highest BCUT2D eigenvalue weighted by Gasteiger charge is 2.39. The second-order valence-corrected chi connectivity index (χ2v) is 5.51. The van der Waals surface area contributed by atoms with Gasteiger partial charge in [0, 0.05) is 5.92 Å². The topological polar surface area (TPSA) is 30.8 Å². The summed E-state index contributed by atoms with van der Waals surface area (Å²) in [5, 5.41) is 4.25. The molecule has 1 aliphatic carbocycles. The fraction of sp³-hybridized carbons (Fsp3) is 0.562. The van der Waals surface area contributed by atoms with E-state index in [1.165, 1.54) is 30.5 Å². The number of fused-ring (bicyclic) bond motifs is 1. The molecule has 1 heterocycles. The molecular formula is C16H21NO2. The van der Waals surface area contributed by atoms with E-state index < -0.39 is 0 Å². The van der Waals surface area contributed by atoms with Gasteiger partial charge in [-0.1, -0.05) is 41.9 Å². The molecule has 0 saturated heterocycles. The van der Waals surface area contributed by atoms with Crippen molar-refractivity contribution >= 4 is 5.71 Å². The molecule has 3 nitrogen and oxygen atoms in total. The summed E-state index contributed by atoms with van der Waals surface area (Å²) < 4.78 is 5.96. The highest BCUT2D eigenvalue weighted by atomic mass is 16.7. The average Bonchev–Trinajstić information content (AvgIpc) is 2.90. The van der Waals surface area contributed by atoms with Crippen LogP contribution in [0.25, 0.3) is 0 Å². The van der Waals surface area contributed by atoms with Gasteiger partial charge in [-0.25, -0.2) is 0 Å². The molecule has 1 fully saturated rings. The maximum Gasteiger partial charge on any atom is 0.161 e. The van der Waals surface area contributed by atoms with Gasteiger partial charge in [0.15, 0.2) is 6.10 Å². The van der Waals surface area contributed by atoms with E-state index in [-0.39, 0.29) is 12.2 Å². The summed E-state index contributed by atoms with van der Waals surface area (Å²) in [4.78, 5) is 5.61. The first-order chi connectivity index (χ1) is 9.34. The second-order valence-electron chi connectivity index (χ2n) is 5.51. The fourth-order valence-corrected chi connectivity index (χ4v) is 3.00. The van der Waals surface area contributed by atoms with Crippen molar-refractivity contribution < 1.29 is 9.57 Å². The van der Waals surface area contributed by atoms with Gasteiger partial charge in [0.25, 0.3) is 0 Å². The van der Waals surface area contributed by atoms with Gasteiger partial charge >= 0.3 is 0 Å². The predicted octanol–water partition coefficient (Wildman–Crippen LogP) is 3.54. The molecule has 3 rings (SSSR count). The molecule has 0 N–H and O–H groups in total. The van der Waals surface area contributed by atoms with Crippen molar-refractivity contribution in [3.63, 3.8) is 0 Å². The molecular weight excluding hydrogens is 238 g/mol. The summed E-state index contributed by atoms with van der Waals surface area (Å²) in [6.07, 6.45) is 5.04. The van der Waals surface area contributed by atoms with Crippen LogP contribution in [0.3, 0.4) is 0 Å². The van der Waals surface area contributed by atoms with Crippen LogP contribution >= 0.6 is 0 Å². The van der Waals surface area contributed by atoms with E-state index in [1.54, 1.807) is 0 Å². The Morgan fingerprint density at radius 3 is 3.00 bits per heavy atom. The maximum atomic E-state index is 5.96. The van der Waals surface area contributed by atoms with Crippen molar-refractivity contribution in [1.29, 1.82) is 0 Å². The molecule has 0 amide bonds. The van der Waals surface area contributed by atoms with E-state index in [9.17, 15) is 0 Å². The third kappa shape index (κ3) is 2.81. The van der Waals surface area contributed by atoms with E-state index in [0.717, 1.165) is 6.42 Å². The highest BCUT2D eigenvalue weighted by molar-refractivity contribution is 5.88. The molecule has 102 valence electrons. The van der Waals surface area contributed by atoms with Crippen LogP contribution in [0.5, 0.6) is 0 Å². The van der Waals surface area contributed by atoms with Gasteiger partial charge in [-0.2, -0.15) is 0 Å². The van der Waals surface area contributed by atoms with Gasteiger partial charge < -0.3 is 9.57 Å². The Kier molecular flexibility index (Phi) is 3.83. The Balaban J connectivity index is 1.55. The zero-order valence-corrected chi connectivity index (χ0v) is 11.4. The molecule has 0 bridgehead atoms. The molecule has 1 aliphatic heterocycles. The summed E-state index contributed by atoms with van der Waals surface area (Å²) >= 11 is 0. The van der Waals surface area contributed by atoms with Crippen molar-refractivity contribution in [2.45, 2.75) is 51.4 Å². The minimum absolute atomic E-state index is 0.0876. The molecule has 19 heavy (non-hydrogen) atoms. The molecule has 0 unspecified atom stereocenters. The van der Waals surface area contributed by atoms with Gasteiger partial charge in [-0.15, -0.1) is 0 Å². The molecule has 1 aromatic rings. The number of hydrogen-bond acceptors (Lipinski definition) is 3. The summed E-state index contributed by atoms with van der Waals surface area (Å²) in [5.74, 6) is 0.486. The monoisotopic (exact) mass is 259 g/mol. The third-order valence-corrected chi connectivity index (χ3v) is 4.13. The van der Waals surface area contributed by atoms with Crippen LogP contribution in [0.1, 0.15) is 38.2 Å². The molecule has 3 heteroatoms. The molecule has 1 aromatic carbocycles. The standard InChI is InChI=1S/C16H21NO2/c1-12(18-11-13-7-3-2-4-8-13)16-14-9-5-6-10-15(14)17-19-16/h2-4,7-8,12,14,16H,5-6,9-11H2,1H3/t12-,14-,16+/m0/s1. The van der Waals surface area contributed by atoms with Crippen LogP contribution in [0.4, 0.5) is 0 Å². The SMILES string of the molecule is C[C@H](OCc1ccccc1)[C@H]1ON=C2CCCC[C@@H]21. The van der Waals surface area contributed by atoms with Crippen molar-refractivity contribution in [2.24, 2.45) is 11.1 Å². The quantitative estimate of drug-likeness (QED) is 0.828. The molecule has 0 aromatic heterocycles. The van der Waals surface area contributed by atoms with E-state index in [2.05, 4.69) is 24.2 Å². The third-order valence-electron chi connectivity index (χ3n) is 4.13. The Bertz CT molecular complexity index is 443. The highest BCUT2D eigenvalue weighted by Crippen LogP contribution is 2.33. The Morgan fingerprint density at radius 2 is 2.16 bits per heavy atom. The van der Waals surface area contributed by atoms with Crippen molar-refractivity contribution in [2.75, 3.05) is 0 Å². The average molecular weight is 259 g/mol. The lowest BCUT2D eigenvalue weighted by Gasteiger charge is -2.26.